The van der Waals surface area contributed by atoms with E-state index in [1.807, 2.05) is 0 Å². The van der Waals surface area contributed by atoms with Gasteiger partial charge in [0.2, 0.25) is 0 Å². The van der Waals surface area contributed by atoms with Crippen LogP contribution in [-0.2, 0) is 9.53 Å². The topological polar surface area (TPSA) is 46.5 Å². The normalized spacial score (nSPS) is 28.2. The first kappa shape index (κ1) is 11.0. The quantitative estimate of drug-likeness (QED) is 0.534. The van der Waals surface area contributed by atoms with Gasteiger partial charge in [-0.1, -0.05) is 12.2 Å². The molecule has 0 unspecified atom stereocenters. The number of carbonyl (C=O) groups is 1. The molecule has 14 heavy (non-hydrogen) atoms. The third-order valence-electron chi connectivity index (χ3n) is 2.46. The molecule has 1 fully saturated rings. The highest BCUT2D eigenvalue weighted by atomic mass is 16.6. The van der Waals surface area contributed by atoms with Crippen LogP contribution in [0.5, 0.6) is 0 Å². The van der Waals surface area contributed by atoms with Crippen LogP contribution in [0.4, 0.5) is 0 Å². The minimum absolute atomic E-state index is 0.113. The predicted octanol–water partition coefficient (Wildman–Crippen LogP) is 1.43. The minimum Gasteiger partial charge on any atom is -0.462 e. The van der Waals surface area contributed by atoms with Crippen molar-refractivity contribution in [2.24, 2.45) is 5.92 Å². The third kappa shape index (κ3) is 2.45. The molecule has 1 aliphatic heterocycles. The Bertz CT molecular complexity index is 235. The maximum absolute atomic E-state index is 11.1. The van der Waals surface area contributed by atoms with Gasteiger partial charge in [-0.05, 0) is 6.42 Å². The van der Waals surface area contributed by atoms with Crippen molar-refractivity contribution in [3.05, 3.63) is 25.3 Å². The van der Waals surface area contributed by atoms with Gasteiger partial charge < -0.3 is 9.84 Å². The van der Waals surface area contributed by atoms with Crippen LogP contribution in [0, 0.1) is 5.92 Å². The van der Waals surface area contributed by atoms with Gasteiger partial charge in [-0.25, -0.2) is 0 Å². The summed E-state index contributed by atoms with van der Waals surface area (Å²) in [5, 5.41) is 9.73. The van der Waals surface area contributed by atoms with Crippen LogP contribution < -0.4 is 0 Å². The van der Waals surface area contributed by atoms with Crippen LogP contribution in [0.25, 0.3) is 0 Å². The van der Waals surface area contributed by atoms with Crippen LogP contribution in [0.15, 0.2) is 25.3 Å². The number of esters is 1. The molecule has 0 aromatic rings. The number of ether oxygens (including phenoxy) is 1. The molecule has 0 spiro atoms. The maximum atomic E-state index is 11.1. The Labute approximate surface area is 84.1 Å². The molecule has 78 valence electrons. The van der Waals surface area contributed by atoms with E-state index in [0.29, 0.717) is 19.3 Å². The first-order valence-electron chi connectivity index (χ1n) is 4.78. The zero-order valence-corrected chi connectivity index (χ0v) is 8.19. The molecule has 1 aliphatic rings. The second-order valence-corrected chi connectivity index (χ2v) is 3.51. The summed E-state index contributed by atoms with van der Waals surface area (Å²) < 4.78 is 5.08. The number of aliphatic hydroxyl groups excluding tert-OH is 1. The summed E-state index contributed by atoms with van der Waals surface area (Å²) >= 11 is 0. The largest absolute Gasteiger partial charge is 0.462 e. The SMILES string of the molecule is C=CC[C@@H](O)[C@@H]1CC(=O)O[C@H]1CC=C. The van der Waals surface area contributed by atoms with Crippen molar-refractivity contribution in [2.45, 2.75) is 31.5 Å². The summed E-state index contributed by atoms with van der Waals surface area (Å²) in [7, 11) is 0. The van der Waals surface area contributed by atoms with Gasteiger partial charge in [0.05, 0.1) is 12.5 Å². The first-order valence-corrected chi connectivity index (χ1v) is 4.78. The van der Waals surface area contributed by atoms with Crippen molar-refractivity contribution >= 4 is 5.97 Å². The highest BCUT2D eigenvalue weighted by Crippen LogP contribution is 2.29. The van der Waals surface area contributed by atoms with Crippen molar-refractivity contribution < 1.29 is 14.6 Å². The van der Waals surface area contributed by atoms with Crippen LogP contribution >= 0.6 is 0 Å². The van der Waals surface area contributed by atoms with Crippen LogP contribution in [0.2, 0.25) is 0 Å². The Morgan fingerprint density at radius 2 is 2.29 bits per heavy atom. The highest BCUT2D eigenvalue weighted by molar-refractivity contribution is 5.72. The Balaban J connectivity index is 2.59. The smallest absolute Gasteiger partial charge is 0.306 e. The Hall–Kier alpha value is -1.09. The van der Waals surface area contributed by atoms with Crippen LogP contribution in [0.3, 0.4) is 0 Å². The molecule has 0 aromatic carbocycles. The van der Waals surface area contributed by atoms with Gasteiger partial charge in [0.1, 0.15) is 6.10 Å². The lowest BCUT2D eigenvalue weighted by atomic mass is 9.91. The van der Waals surface area contributed by atoms with E-state index in [1.54, 1.807) is 12.2 Å². The lowest BCUT2D eigenvalue weighted by molar-refractivity contribution is -0.141. The van der Waals surface area contributed by atoms with E-state index in [9.17, 15) is 9.90 Å². The average Bonchev–Trinajstić information content (AvgIpc) is 2.48. The fraction of sp³-hybridized carbons (Fsp3) is 0.545. The number of aliphatic hydroxyl groups is 1. The van der Waals surface area contributed by atoms with E-state index in [2.05, 4.69) is 13.2 Å². The summed E-state index contributed by atoms with van der Waals surface area (Å²) in [6.07, 6.45) is 4.00. The zero-order chi connectivity index (χ0) is 10.6. The van der Waals surface area contributed by atoms with Gasteiger partial charge in [0, 0.05) is 12.3 Å². The number of hydrogen-bond donors (Lipinski definition) is 1. The second kappa shape index (κ2) is 4.96. The lowest BCUT2D eigenvalue weighted by Gasteiger charge is -2.20. The second-order valence-electron chi connectivity index (χ2n) is 3.51. The summed E-state index contributed by atoms with van der Waals surface area (Å²) in [5.74, 6) is -0.344. The van der Waals surface area contributed by atoms with E-state index >= 15 is 0 Å². The van der Waals surface area contributed by atoms with E-state index in [1.165, 1.54) is 0 Å². The predicted molar refractivity (Wildman–Crippen MR) is 53.6 cm³/mol. The van der Waals surface area contributed by atoms with Crippen molar-refractivity contribution in [3.63, 3.8) is 0 Å². The molecule has 1 rings (SSSR count). The van der Waals surface area contributed by atoms with E-state index in [0.717, 1.165) is 0 Å². The summed E-state index contributed by atoms with van der Waals surface area (Å²) in [6.45, 7) is 7.15. The number of carbonyl (C=O) groups excluding carboxylic acids is 1. The molecule has 0 aromatic heterocycles. The van der Waals surface area contributed by atoms with E-state index < -0.39 is 6.10 Å². The molecule has 1 saturated heterocycles. The number of rotatable bonds is 5. The lowest BCUT2D eigenvalue weighted by Crippen LogP contribution is -2.27. The minimum atomic E-state index is -0.538. The molecule has 3 heteroatoms. The van der Waals surface area contributed by atoms with Crippen molar-refractivity contribution in [1.82, 2.24) is 0 Å². The Kier molecular flexibility index (Phi) is 3.89. The average molecular weight is 196 g/mol. The van der Waals surface area contributed by atoms with E-state index in [4.69, 9.17) is 4.74 Å². The van der Waals surface area contributed by atoms with Crippen LogP contribution in [0.1, 0.15) is 19.3 Å². The molecule has 0 saturated carbocycles. The van der Waals surface area contributed by atoms with Gasteiger partial charge >= 0.3 is 5.97 Å². The molecule has 1 heterocycles. The van der Waals surface area contributed by atoms with Crippen molar-refractivity contribution in [2.75, 3.05) is 0 Å². The number of cyclic esters (lactones) is 1. The molecule has 0 amide bonds. The molecular weight excluding hydrogens is 180 g/mol. The summed E-state index contributed by atoms with van der Waals surface area (Å²) in [6, 6.07) is 0. The Morgan fingerprint density at radius 1 is 1.57 bits per heavy atom. The molecular formula is C11H16O3. The maximum Gasteiger partial charge on any atom is 0.306 e. The van der Waals surface area contributed by atoms with Gasteiger partial charge in [-0.2, -0.15) is 0 Å². The van der Waals surface area contributed by atoms with Crippen molar-refractivity contribution in [3.8, 4) is 0 Å². The molecule has 3 nitrogen and oxygen atoms in total. The van der Waals surface area contributed by atoms with Crippen LogP contribution in [-0.4, -0.2) is 23.3 Å². The molecule has 0 radical (unpaired) electrons. The standard InChI is InChI=1S/C11H16O3/c1-3-5-9(12)8-7-11(13)14-10(8)6-4-2/h3-4,8-10,12H,1-2,5-7H2/t8-,9+,10-/m0/s1. The fourth-order valence-electron chi connectivity index (χ4n) is 1.74. The van der Waals surface area contributed by atoms with Gasteiger partial charge in [0.25, 0.3) is 0 Å². The number of hydrogen-bond acceptors (Lipinski definition) is 3. The highest BCUT2D eigenvalue weighted by Gasteiger charge is 2.37. The molecule has 3 atom stereocenters. The van der Waals surface area contributed by atoms with Gasteiger partial charge in [-0.15, -0.1) is 13.2 Å². The van der Waals surface area contributed by atoms with Gasteiger partial charge in [-0.3, -0.25) is 4.79 Å². The Morgan fingerprint density at radius 3 is 2.86 bits per heavy atom. The monoisotopic (exact) mass is 196 g/mol. The van der Waals surface area contributed by atoms with Crippen molar-refractivity contribution in [1.29, 1.82) is 0 Å². The van der Waals surface area contributed by atoms with Gasteiger partial charge in [0.15, 0.2) is 0 Å². The summed E-state index contributed by atoms with van der Waals surface area (Å²) in [5.41, 5.74) is 0. The fourth-order valence-corrected chi connectivity index (χ4v) is 1.74. The molecule has 1 N–H and O–H groups in total. The van der Waals surface area contributed by atoms with E-state index in [-0.39, 0.29) is 18.0 Å². The first-order chi connectivity index (χ1) is 6.69. The summed E-state index contributed by atoms with van der Waals surface area (Å²) in [4.78, 5) is 11.1. The zero-order valence-electron chi connectivity index (χ0n) is 8.19. The molecule has 0 aliphatic carbocycles. The molecule has 0 bridgehead atoms. The third-order valence-corrected chi connectivity index (χ3v) is 2.46.